The van der Waals surface area contributed by atoms with Gasteiger partial charge < -0.3 is 0 Å². The average molecular weight is 309 g/mol. The summed E-state index contributed by atoms with van der Waals surface area (Å²) in [6, 6.07) is 5.43. The average Bonchev–Trinajstić information content (AvgIpc) is 2.62. The van der Waals surface area contributed by atoms with Crippen molar-refractivity contribution in [3.05, 3.63) is 34.9 Å². The van der Waals surface area contributed by atoms with E-state index in [9.17, 15) is 9.59 Å². The molecule has 1 aliphatic rings. The third-order valence-electron chi connectivity index (χ3n) is 3.01. The fourth-order valence-electron chi connectivity index (χ4n) is 1.98. The van der Waals surface area contributed by atoms with E-state index in [1.165, 1.54) is 4.90 Å². The Labute approximate surface area is 127 Å². The molecule has 0 radical (unpaired) electrons. The van der Waals surface area contributed by atoms with Gasteiger partial charge in [0.15, 0.2) is 0 Å². The second-order valence-electron chi connectivity index (χ2n) is 5.31. The Morgan fingerprint density at radius 1 is 1.10 bits per heavy atom. The highest BCUT2D eigenvalue weighted by atomic mass is 33.1. The number of amides is 2. The van der Waals surface area contributed by atoms with Crippen LogP contribution in [0.15, 0.2) is 18.2 Å². The first kappa shape index (κ1) is 15.4. The topological polar surface area (TPSA) is 37.4 Å². The van der Waals surface area contributed by atoms with Crippen LogP contribution in [0.5, 0.6) is 0 Å². The summed E-state index contributed by atoms with van der Waals surface area (Å²) in [5.74, 6) is 2.23. The predicted molar refractivity (Wildman–Crippen MR) is 86.3 cm³/mol. The van der Waals surface area contributed by atoms with Crippen LogP contribution in [0.4, 0.5) is 0 Å². The van der Waals surface area contributed by atoms with Gasteiger partial charge in [-0.2, -0.15) is 0 Å². The number of fused-ring (bicyclic) bond motifs is 1. The van der Waals surface area contributed by atoms with Gasteiger partial charge in [0.1, 0.15) is 0 Å². The minimum Gasteiger partial charge on any atom is -0.273 e. The molecule has 1 aliphatic heterocycles. The van der Waals surface area contributed by atoms with Crippen LogP contribution in [0.1, 0.15) is 40.1 Å². The summed E-state index contributed by atoms with van der Waals surface area (Å²) in [7, 11) is 3.53. The highest BCUT2D eigenvalue weighted by Crippen LogP contribution is 2.27. The van der Waals surface area contributed by atoms with Crippen LogP contribution in [0.2, 0.25) is 0 Å². The predicted octanol–water partition coefficient (Wildman–Crippen LogP) is 3.63. The molecular weight excluding hydrogens is 290 g/mol. The monoisotopic (exact) mass is 309 g/mol. The Morgan fingerprint density at radius 3 is 2.50 bits per heavy atom. The van der Waals surface area contributed by atoms with Crippen LogP contribution >= 0.6 is 21.6 Å². The van der Waals surface area contributed by atoms with Crippen LogP contribution in [-0.4, -0.2) is 34.8 Å². The first-order valence-corrected chi connectivity index (χ1v) is 9.20. The zero-order valence-corrected chi connectivity index (χ0v) is 13.6. The molecule has 0 spiro atoms. The van der Waals surface area contributed by atoms with Crippen molar-refractivity contribution in [1.29, 1.82) is 0 Å². The van der Waals surface area contributed by atoms with Crippen LogP contribution in [0.25, 0.3) is 0 Å². The second kappa shape index (κ2) is 6.68. The zero-order valence-electron chi connectivity index (χ0n) is 12.0. The molecule has 108 valence electrons. The van der Waals surface area contributed by atoms with Crippen LogP contribution in [-0.2, 0) is 0 Å². The third-order valence-corrected chi connectivity index (χ3v) is 5.74. The molecule has 0 atom stereocenters. The number of aryl methyl sites for hydroxylation is 1. The molecule has 0 aliphatic carbocycles. The van der Waals surface area contributed by atoms with E-state index in [-0.39, 0.29) is 11.8 Å². The van der Waals surface area contributed by atoms with Gasteiger partial charge in [0.05, 0.1) is 11.1 Å². The van der Waals surface area contributed by atoms with Crippen molar-refractivity contribution in [2.24, 2.45) is 5.92 Å². The standard InChI is InChI=1S/C15H19NO2S2/c1-10(2)9-20-19-7-6-16-14(17)12-5-4-11(3)8-13(12)15(16)18/h4-5,8,10H,6-7,9H2,1-3H3. The fraction of sp³-hybridized carbons (Fsp3) is 0.467. The van der Waals surface area contributed by atoms with Crippen molar-refractivity contribution in [3.8, 4) is 0 Å². The lowest BCUT2D eigenvalue weighted by Crippen LogP contribution is -2.31. The number of carbonyl (C=O) groups is 2. The molecule has 0 saturated heterocycles. The van der Waals surface area contributed by atoms with Crippen molar-refractivity contribution < 1.29 is 9.59 Å². The maximum atomic E-state index is 12.2. The van der Waals surface area contributed by atoms with Gasteiger partial charge >= 0.3 is 0 Å². The zero-order chi connectivity index (χ0) is 14.7. The Kier molecular flexibility index (Phi) is 5.16. The molecule has 1 aromatic rings. The number of benzene rings is 1. The molecule has 0 fully saturated rings. The molecular formula is C15H19NO2S2. The molecule has 2 rings (SSSR count). The molecule has 3 nitrogen and oxygen atoms in total. The minimum atomic E-state index is -0.153. The summed E-state index contributed by atoms with van der Waals surface area (Å²) in [4.78, 5) is 25.8. The lowest BCUT2D eigenvalue weighted by Gasteiger charge is -2.13. The van der Waals surface area contributed by atoms with Gasteiger partial charge in [-0.05, 0) is 25.0 Å². The molecule has 20 heavy (non-hydrogen) atoms. The molecule has 1 heterocycles. The normalized spacial score (nSPS) is 14.3. The summed E-state index contributed by atoms with van der Waals surface area (Å²) in [5.41, 5.74) is 2.10. The minimum absolute atomic E-state index is 0.150. The molecule has 0 saturated carbocycles. The number of carbonyl (C=O) groups excluding carboxylic acids is 2. The van der Waals surface area contributed by atoms with Gasteiger partial charge in [0.25, 0.3) is 11.8 Å². The number of imide groups is 1. The summed E-state index contributed by atoms with van der Waals surface area (Å²) in [6.07, 6.45) is 0. The van der Waals surface area contributed by atoms with E-state index in [0.29, 0.717) is 23.6 Å². The highest BCUT2D eigenvalue weighted by molar-refractivity contribution is 8.76. The Balaban J connectivity index is 1.92. The molecule has 0 aromatic heterocycles. The lowest BCUT2D eigenvalue weighted by atomic mass is 10.1. The molecule has 0 unspecified atom stereocenters. The van der Waals surface area contributed by atoms with Crippen molar-refractivity contribution in [1.82, 2.24) is 4.90 Å². The van der Waals surface area contributed by atoms with Gasteiger partial charge in [-0.15, -0.1) is 0 Å². The van der Waals surface area contributed by atoms with Crippen molar-refractivity contribution in [2.45, 2.75) is 20.8 Å². The third kappa shape index (κ3) is 3.38. The molecule has 0 N–H and O–H groups in total. The largest absolute Gasteiger partial charge is 0.273 e. The maximum absolute atomic E-state index is 12.2. The lowest BCUT2D eigenvalue weighted by molar-refractivity contribution is 0.0664. The van der Waals surface area contributed by atoms with E-state index in [2.05, 4.69) is 13.8 Å². The van der Waals surface area contributed by atoms with Gasteiger partial charge in [0, 0.05) is 18.1 Å². The summed E-state index contributed by atoms with van der Waals surface area (Å²) < 4.78 is 0. The number of nitrogens with zero attached hydrogens (tertiary/aromatic N) is 1. The molecule has 5 heteroatoms. The van der Waals surface area contributed by atoms with Crippen LogP contribution < -0.4 is 0 Å². The fourth-order valence-corrected chi connectivity index (χ4v) is 4.41. The van der Waals surface area contributed by atoms with Crippen LogP contribution in [0, 0.1) is 12.8 Å². The number of hydrogen-bond acceptors (Lipinski definition) is 4. The molecule has 0 bridgehead atoms. The van der Waals surface area contributed by atoms with E-state index >= 15 is 0 Å². The van der Waals surface area contributed by atoms with E-state index < -0.39 is 0 Å². The van der Waals surface area contributed by atoms with Gasteiger partial charge in [-0.1, -0.05) is 47.1 Å². The number of hydrogen-bond donors (Lipinski definition) is 0. The molecule has 2 amide bonds. The summed E-state index contributed by atoms with van der Waals surface area (Å²) in [6.45, 7) is 6.78. The molecule has 1 aromatic carbocycles. The SMILES string of the molecule is Cc1ccc2c(c1)C(=O)N(CCSSCC(C)C)C2=O. The van der Waals surface area contributed by atoms with E-state index in [1.807, 2.05) is 13.0 Å². The van der Waals surface area contributed by atoms with Gasteiger partial charge in [-0.25, -0.2) is 0 Å². The quantitative estimate of drug-likeness (QED) is 0.457. The van der Waals surface area contributed by atoms with E-state index in [0.717, 1.165) is 17.1 Å². The van der Waals surface area contributed by atoms with Crippen molar-refractivity contribution >= 4 is 33.4 Å². The Morgan fingerprint density at radius 2 is 1.80 bits per heavy atom. The second-order valence-corrected chi connectivity index (χ2v) is 7.94. The first-order chi connectivity index (χ1) is 9.50. The van der Waals surface area contributed by atoms with E-state index in [4.69, 9.17) is 0 Å². The summed E-state index contributed by atoms with van der Waals surface area (Å²) >= 11 is 0. The van der Waals surface area contributed by atoms with Crippen molar-refractivity contribution in [3.63, 3.8) is 0 Å². The highest BCUT2D eigenvalue weighted by Gasteiger charge is 2.34. The van der Waals surface area contributed by atoms with Gasteiger partial charge in [-0.3, -0.25) is 14.5 Å². The van der Waals surface area contributed by atoms with Crippen molar-refractivity contribution in [2.75, 3.05) is 18.1 Å². The van der Waals surface area contributed by atoms with E-state index in [1.54, 1.807) is 33.7 Å². The first-order valence-electron chi connectivity index (χ1n) is 6.72. The van der Waals surface area contributed by atoms with Crippen LogP contribution in [0.3, 0.4) is 0 Å². The Bertz CT molecular complexity index is 529. The maximum Gasteiger partial charge on any atom is 0.261 e. The van der Waals surface area contributed by atoms with Gasteiger partial charge in [0.2, 0.25) is 0 Å². The smallest absolute Gasteiger partial charge is 0.261 e. The number of rotatable bonds is 6. The Hall–Kier alpha value is -0.940. The summed E-state index contributed by atoms with van der Waals surface area (Å²) in [5, 5.41) is 0.